The number of para-hydroxylation sites is 1. The summed E-state index contributed by atoms with van der Waals surface area (Å²) >= 11 is 0. The van der Waals surface area contributed by atoms with Crippen molar-refractivity contribution in [3.63, 3.8) is 0 Å². The highest BCUT2D eigenvalue weighted by molar-refractivity contribution is 5.73. The fourth-order valence-electron chi connectivity index (χ4n) is 2.61. The first-order valence-corrected chi connectivity index (χ1v) is 8.44. The predicted molar refractivity (Wildman–Crippen MR) is 98.5 cm³/mol. The Morgan fingerprint density at radius 3 is 2.58 bits per heavy atom. The number of aromatic nitrogens is 2. The average molecular weight is 352 g/mol. The van der Waals surface area contributed by atoms with Crippen LogP contribution in [0.1, 0.15) is 11.1 Å². The summed E-state index contributed by atoms with van der Waals surface area (Å²) in [5.41, 5.74) is 2.91. The maximum atomic E-state index is 12.9. The number of carbonyl (C=O) groups is 1. The first-order valence-electron chi connectivity index (χ1n) is 8.44. The number of carbonyl (C=O) groups excluding carboxylic acids is 1. The summed E-state index contributed by atoms with van der Waals surface area (Å²) in [4.78, 5) is 13.8. The van der Waals surface area contributed by atoms with Gasteiger partial charge in [-0.3, -0.25) is 0 Å². The molecule has 2 aromatic carbocycles. The monoisotopic (exact) mass is 352 g/mol. The summed E-state index contributed by atoms with van der Waals surface area (Å²) in [6.45, 7) is 0.966. The van der Waals surface area contributed by atoms with Crippen molar-refractivity contribution in [1.82, 2.24) is 20.0 Å². The molecule has 0 aliphatic heterocycles. The highest BCUT2D eigenvalue weighted by Crippen LogP contribution is 2.09. The topological polar surface area (TPSA) is 50.2 Å². The Morgan fingerprint density at radius 1 is 1.12 bits per heavy atom. The second kappa shape index (κ2) is 8.29. The normalized spacial score (nSPS) is 10.5. The van der Waals surface area contributed by atoms with E-state index in [1.165, 1.54) is 12.1 Å². The summed E-state index contributed by atoms with van der Waals surface area (Å²) in [7, 11) is 1.74. The number of halogens is 1. The van der Waals surface area contributed by atoms with Crippen LogP contribution in [0.15, 0.2) is 67.0 Å². The molecule has 3 aromatic rings. The molecule has 0 saturated heterocycles. The van der Waals surface area contributed by atoms with Gasteiger partial charge in [-0.25, -0.2) is 13.9 Å². The number of amides is 2. The number of urea groups is 1. The van der Waals surface area contributed by atoms with E-state index in [-0.39, 0.29) is 11.8 Å². The highest BCUT2D eigenvalue weighted by atomic mass is 19.1. The third-order valence-corrected chi connectivity index (χ3v) is 4.03. The lowest BCUT2D eigenvalue weighted by atomic mass is 10.1. The summed E-state index contributed by atoms with van der Waals surface area (Å²) in [5, 5.41) is 7.21. The molecule has 5 nitrogen and oxygen atoms in total. The molecule has 0 aliphatic carbocycles. The quantitative estimate of drug-likeness (QED) is 0.739. The van der Waals surface area contributed by atoms with E-state index >= 15 is 0 Å². The number of benzene rings is 2. The molecule has 1 heterocycles. The van der Waals surface area contributed by atoms with Crippen LogP contribution in [-0.2, 0) is 13.0 Å². The van der Waals surface area contributed by atoms with Gasteiger partial charge >= 0.3 is 6.03 Å². The lowest BCUT2D eigenvalue weighted by Gasteiger charge is -2.17. The largest absolute Gasteiger partial charge is 0.338 e. The Labute approximate surface area is 152 Å². The first-order chi connectivity index (χ1) is 12.6. The minimum absolute atomic E-state index is 0.153. The molecule has 0 saturated carbocycles. The van der Waals surface area contributed by atoms with Gasteiger partial charge in [-0.1, -0.05) is 30.3 Å². The maximum Gasteiger partial charge on any atom is 0.317 e. The molecule has 0 unspecified atom stereocenters. The molecule has 6 heteroatoms. The number of hydrogen-bond donors (Lipinski definition) is 1. The fraction of sp³-hybridized carbons (Fsp3) is 0.200. The Hall–Kier alpha value is -3.15. The third kappa shape index (κ3) is 4.69. The van der Waals surface area contributed by atoms with E-state index in [0.29, 0.717) is 19.5 Å². The smallest absolute Gasteiger partial charge is 0.317 e. The van der Waals surface area contributed by atoms with Crippen LogP contribution >= 0.6 is 0 Å². The molecule has 0 atom stereocenters. The van der Waals surface area contributed by atoms with Gasteiger partial charge in [0, 0.05) is 25.4 Å². The number of rotatable bonds is 6. The van der Waals surface area contributed by atoms with Gasteiger partial charge < -0.3 is 10.2 Å². The van der Waals surface area contributed by atoms with Crippen molar-refractivity contribution in [3.05, 3.63) is 83.9 Å². The maximum absolute atomic E-state index is 12.9. The van der Waals surface area contributed by atoms with Crippen LogP contribution in [0.5, 0.6) is 0 Å². The van der Waals surface area contributed by atoms with Crippen molar-refractivity contribution in [2.24, 2.45) is 0 Å². The molecule has 26 heavy (non-hydrogen) atoms. The van der Waals surface area contributed by atoms with E-state index in [1.807, 2.05) is 36.5 Å². The van der Waals surface area contributed by atoms with Crippen LogP contribution in [0.2, 0.25) is 0 Å². The molecule has 0 radical (unpaired) electrons. The third-order valence-electron chi connectivity index (χ3n) is 4.03. The van der Waals surface area contributed by atoms with Crippen LogP contribution in [0, 0.1) is 5.82 Å². The number of nitrogens with zero attached hydrogens (tertiary/aromatic N) is 3. The average Bonchev–Trinajstić information content (AvgIpc) is 3.12. The van der Waals surface area contributed by atoms with Gasteiger partial charge in [-0.15, -0.1) is 0 Å². The molecule has 0 aliphatic rings. The molecule has 0 fully saturated rings. The summed E-state index contributed by atoms with van der Waals surface area (Å²) in [6, 6.07) is 16.0. The van der Waals surface area contributed by atoms with E-state index in [2.05, 4.69) is 10.4 Å². The predicted octanol–water partition coefficient (Wildman–Crippen LogP) is 3.40. The minimum Gasteiger partial charge on any atom is -0.338 e. The van der Waals surface area contributed by atoms with Crippen LogP contribution in [0.4, 0.5) is 9.18 Å². The highest BCUT2D eigenvalue weighted by Gasteiger charge is 2.10. The van der Waals surface area contributed by atoms with E-state index < -0.39 is 0 Å². The summed E-state index contributed by atoms with van der Waals surface area (Å²) in [6.07, 6.45) is 4.33. The summed E-state index contributed by atoms with van der Waals surface area (Å²) in [5.74, 6) is -0.256. The van der Waals surface area contributed by atoms with Gasteiger partial charge in [0.2, 0.25) is 0 Å². The zero-order valence-corrected chi connectivity index (χ0v) is 14.6. The number of nitrogens with one attached hydrogen (secondary N) is 1. The van der Waals surface area contributed by atoms with Crippen molar-refractivity contribution in [1.29, 1.82) is 0 Å². The van der Waals surface area contributed by atoms with Crippen LogP contribution in [-0.4, -0.2) is 34.3 Å². The van der Waals surface area contributed by atoms with Crippen molar-refractivity contribution >= 4 is 6.03 Å². The van der Waals surface area contributed by atoms with Crippen molar-refractivity contribution in [2.75, 3.05) is 13.6 Å². The molecular weight excluding hydrogens is 331 g/mol. The molecule has 0 bridgehead atoms. The standard InChI is InChI=1S/C20H21FN4O/c1-24(20(26)22-12-11-16-7-9-18(21)10-8-16)14-17-13-23-25(15-17)19-5-3-2-4-6-19/h2-10,13,15H,11-12,14H2,1H3,(H,22,26). The molecule has 0 spiro atoms. The second-order valence-electron chi connectivity index (χ2n) is 6.09. The zero-order chi connectivity index (χ0) is 18.4. The lowest BCUT2D eigenvalue weighted by molar-refractivity contribution is 0.207. The van der Waals surface area contributed by atoms with Gasteiger partial charge in [-0.05, 0) is 36.2 Å². The van der Waals surface area contributed by atoms with Gasteiger partial charge in [0.15, 0.2) is 0 Å². The first kappa shape index (κ1) is 17.7. The van der Waals surface area contributed by atoms with E-state index in [4.69, 9.17) is 0 Å². The molecule has 3 rings (SSSR count). The van der Waals surface area contributed by atoms with E-state index in [9.17, 15) is 9.18 Å². The Balaban J connectivity index is 1.48. The Morgan fingerprint density at radius 2 is 1.85 bits per heavy atom. The van der Waals surface area contributed by atoms with Gasteiger partial charge in [0.25, 0.3) is 0 Å². The van der Waals surface area contributed by atoms with Gasteiger partial charge in [-0.2, -0.15) is 5.10 Å². The lowest BCUT2D eigenvalue weighted by Crippen LogP contribution is -2.37. The van der Waals surface area contributed by atoms with Crippen molar-refractivity contribution in [2.45, 2.75) is 13.0 Å². The summed E-state index contributed by atoms with van der Waals surface area (Å²) < 4.78 is 14.7. The SMILES string of the molecule is CN(Cc1cnn(-c2ccccc2)c1)C(=O)NCCc1ccc(F)cc1. The molecule has 1 aromatic heterocycles. The van der Waals surface area contributed by atoms with E-state index in [1.54, 1.807) is 35.0 Å². The van der Waals surface area contributed by atoms with Crippen molar-refractivity contribution < 1.29 is 9.18 Å². The number of hydrogen-bond acceptors (Lipinski definition) is 2. The Bertz CT molecular complexity index is 846. The minimum atomic E-state index is -0.256. The van der Waals surface area contributed by atoms with Gasteiger partial charge in [0.1, 0.15) is 5.82 Å². The van der Waals surface area contributed by atoms with E-state index in [0.717, 1.165) is 16.8 Å². The second-order valence-corrected chi connectivity index (χ2v) is 6.09. The molecule has 134 valence electrons. The molecular formula is C20H21FN4O. The van der Waals surface area contributed by atoms with Crippen LogP contribution in [0.3, 0.4) is 0 Å². The zero-order valence-electron chi connectivity index (χ0n) is 14.6. The Kier molecular flexibility index (Phi) is 5.63. The van der Waals surface area contributed by atoms with Crippen LogP contribution in [0.25, 0.3) is 5.69 Å². The van der Waals surface area contributed by atoms with Crippen molar-refractivity contribution in [3.8, 4) is 5.69 Å². The fourth-order valence-corrected chi connectivity index (χ4v) is 2.61. The van der Waals surface area contributed by atoms with Crippen LogP contribution < -0.4 is 5.32 Å². The molecule has 2 amide bonds. The van der Waals surface area contributed by atoms with Gasteiger partial charge in [0.05, 0.1) is 18.4 Å². The molecule has 1 N–H and O–H groups in total.